The summed E-state index contributed by atoms with van der Waals surface area (Å²) in [5.74, 6) is -0.158. The third kappa shape index (κ3) is 11.6. The molecule has 292 valence electrons. The standard InChI is InChI=1S/C17H14Cl2F2N4OS.C13H8Cl2F2N4S.C4H7ClO/c1-2-4-14(26)23-17-22-8-13(27-17)12-7-11(16(20)21)24-25(12)15-9(18)5-3-6-10(15)19;14-6-2-1-3-7(15)11(6)21-9(4-8(20-21)12(16)17)10-5-19-13(18)22-10;1-2-3-4(5)6/h3,5-8,16H,2,4H2,1H3,(H,22,23,26);1-5,12H,(H2,18,19);2-3H2,1H3. The number of halogens is 9. The number of anilines is 2. The second-order valence-corrected chi connectivity index (χ2v) is 15.1. The van der Waals surface area contributed by atoms with Gasteiger partial charge in [0.2, 0.25) is 11.1 Å². The Labute approximate surface area is 345 Å². The van der Waals surface area contributed by atoms with Crippen molar-refractivity contribution in [1.82, 2.24) is 29.5 Å². The lowest BCUT2D eigenvalue weighted by molar-refractivity contribution is -0.116. The van der Waals surface area contributed by atoms with E-state index in [1.165, 1.54) is 33.9 Å². The van der Waals surface area contributed by atoms with Crippen LogP contribution in [0.5, 0.6) is 0 Å². The number of amides is 1. The molecule has 0 aliphatic carbocycles. The van der Waals surface area contributed by atoms with Gasteiger partial charge < -0.3 is 11.1 Å². The largest absolute Gasteiger partial charge is 0.375 e. The highest BCUT2D eigenvalue weighted by molar-refractivity contribution is 7.19. The Balaban J connectivity index is 0.000000216. The number of nitrogens with zero attached hydrogens (tertiary/aromatic N) is 6. The number of hydrogen-bond acceptors (Lipinski definition) is 9. The molecule has 0 atom stereocenters. The Morgan fingerprint density at radius 1 is 0.745 bits per heavy atom. The Hall–Kier alpha value is -3.77. The number of hydrogen-bond donors (Lipinski definition) is 2. The van der Waals surface area contributed by atoms with E-state index in [4.69, 9.17) is 63.7 Å². The number of aromatic nitrogens is 6. The van der Waals surface area contributed by atoms with Gasteiger partial charge in [-0.1, -0.05) is 95.1 Å². The van der Waals surface area contributed by atoms with E-state index in [2.05, 4.69) is 25.5 Å². The fourth-order valence-electron chi connectivity index (χ4n) is 4.55. The maximum absolute atomic E-state index is 13.2. The Morgan fingerprint density at radius 2 is 1.18 bits per heavy atom. The SMILES string of the molecule is CCCC(=O)Cl.CCCC(=O)Nc1ncc(-c2cc(C(F)F)nn2-c2c(Cl)cccc2Cl)s1.Nc1ncc(-c2cc(C(F)F)nn2-c2c(Cl)cccc2Cl)s1. The highest BCUT2D eigenvalue weighted by atomic mass is 35.5. The first-order chi connectivity index (χ1) is 26.1. The number of nitrogen functional groups attached to an aromatic ring is 1. The lowest BCUT2D eigenvalue weighted by Crippen LogP contribution is -2.09. The Morgan fingerprint density at radius 3 is 1.55 bits per heavy atom. The maximum Gasteiger partial charge on any atom is 0.282 e. The minimum absolute atomic E-state index is 0.158. The van der Waals surface area contributed by atoms with Crippen molar-refractivity contribution in [2.24, 2.45) is 0 Å². The molecule has 0 spiro atoms. The molecule has 4 aromatic heterocycles. The van der Waals surface area contributed by atoms with Gasteiger partial charge in [-0.3, -0.25) is 9.59 Å². The molecule has 0 radical (unpaired) electrons. The normalized spacial score (nSPS) is 10.9. The van der Waals surface area contributed by atoms with E-state index in [9.17, 15) is 27.2 Å². The summed E-state index contributed by atoms with van der Waals surface area (Å²) in [4.78, 5) is 30.7. The van der Waals surface area contributed by atoms with Crippen LogP contribution in [0.15, 0.2) is 60.9 Å². The Bertz CT molecular complexity index is 2210. The molecule has 10 nitrogen and oxygen atoms in total. The van der Waals surface area contributed by atoms with Crippen LogP contribution in [0.25, 0.3) is 32.5 Å². The zero-order valence-corrected chi connectivity index (χ0v) is 34.0. The molecule has 0 aliphatic rings. The van der Waals surface area contributed by atoms with Crippen LogP contribution in [0.1, 0.15) is 63.8 Å². The summed E-state index contributed by atoms with van der Waals surface area (Å²) in [6.07, 6.45) is -0.0663. The fraction of sp³-hybridized carbons (Fsp3) is 0.235. The number of rotatable bonds is 11. The molecule has 4 heterocycles. The van der Waals surface area contributed by atoms with Gasteiger partial charge in [0, 0.05) is 25.2 Å². The molecule has 0 saturated carbocycles. The molecule has 0 aliphatic heterocycles. The second kappa shape index (κ2) is 20.4. The maximum atomic E-state index is 13.2. The van der Waals surface area contributed by atoms with Crippen molar-refractivity contribution in [3.8, 4) is 32.5 Å². The molecule has 0 bridgehead atoms. The van der Waals surface area contributed by atoms with Crippen molar-refractivity contribution in [1.29, 1.82) is 0 Å². The van der Waals surface area contributed by atoms with Crippen LogP contribution in [0.2, 0.25) is 20.1 Å². The lowest BCUT2D eigenvalue weighted by Gasteiger charge is -2.09. The lowest BCUT2D eigenvalue weighted by atomic mass is 10.3. The van der Waals surface area contributed by atoms with Crippen molar-refractivity contribution in [2.75, 3.05) is 11.1 Å². The molecule has 6 aromatic rings. The van der Waals surface area contributed by atoms with Gasteiger partial charge >= 0.3 is 0 Å². The number of para-hydroxylation sites is 2. The molecule has 0 fully saturated rings. The van der Waals surface area contributed by atoms with Crippen LogP contribution in [-0.2, 0) is 9.59 Å². The molecule has 55 heavy (non-hydrogen) atoms. The average Bonchev–Trinajstić information content (AvgIpc) is 3.92. The molecular formula is C34H29Cl5F4N8O2S2. The highest BCUT2D eigenvalue weighted by Crippen LogP contribution is 2.38. The van der Waals surface area contributed by atoms with Crippen molar-refractivity contribution in [3.05, 3.63) is 92.4 Å². The summed E-state index contributed by atoms with van der Waals surface area (Å²) in [7, 11) is 0. The summed E-state index contributed by atoms with van der Waals surface area (Å²) in [6, 6.07) is 12.3. The van der Waals surface area contributed by atoms with Crippen LogP contribution < -0.4 is 11.1 Å². The van der Waals surface area contributed by atoms with Crippen LogP contribution in [-0.4, -0.2) is 40.7 Å². The summed E-state index contributed by atoms with van der Waals surface area (Å²) >= 11 is 32.0. The van der Waals surface area contributed by atoms with E-state index in [0.717, 1.165) is 29.1 Å². The van der Waals surface area contributed by atoms with E-state index in [0.29, 0.717) is 72.1 Å². The smallest absolute Gasteiger partial charge is 0.282 e. The molecule has 1 amide bonds. The van der Waals surface area contributed by atoms with E-state index >= 15 is 0 Å². The van der Waals surface area contributed by atoms with Crippen LogP contribution in [0.3, 0.4) is 0 Å². The van der Waals surface area contributed by atoms with Crippen molar-refractivity contribution in [3.63, 3.8) is 0 Å². The summed E-state index contributed by atoms with van der Waals surface area (Å²) in [5, 5.41) is 12.2. The first-order valence-electron chi connectivity index (χ1n) is 16.0. The zero-order chi connectivity index (χ0) is 40.4. The second-order valence-electron chi connectivity index (χ2n) is 11.0. The van der Waals surface area contributed by atoms with Crippen LogP contribution in [0.4, 0.5) is 27.8 Å². The van der Waals surface area contributed by atoms with E-state index in [1.54, 1.807) is 36.4 Å². The molecule has 3 N–H and O–H groups in total. The molecule has 6 rings (SSSR count). The number of alkyl halides is 4. The van der Waals surface area contributed by atoms with Crippen LogP contribution in [0, 0.1) is 0 Å². The van der Waals surface area contributed by atoms with Gasteiger partial charge in [-0.05, 0) is 60.8 Å². The van der Waals surface area contributed by atoms with Gasteiger partial charge in [-0.25, -0.2) is 36.9 Å². The average molecular weight is 899 g/mol. The van der Waals surface area contributed by atoms with Crippen LogP contribution >= 0.6 is 80.7 Å². The monoisotopic (exact) mass is 896 g/mol. The quantitative estimate of drug-likeness (QED) is 0.0977. The van der Waals surface area contributed by atoms with E-state index in [-0.39, 0.29) is 26.9 Å². The van der Waals surface area contributed by atoms with Crippen molar-refractivity contribution < 1.29 is 27.2 Å². The number of carbonyl (C=O) groups is 2. The first kappa shape index (κ1) is 44.0. The fourth-order valence-corrected chi connectivity index (χ4v) is 7.37. The number of benzene rings is 2. The predicted molar refractivity (Wildman–Crippen MR) is 213 cm³/mol. The summed E-state index contributed by atoms with van der Waals surface area (Å²) < 4.78 is 55.1. The predicted octanol–water partition coefficient (Wildman–Crippen LogP) is 12.4. The van der Waals surface area contributed by atoms with E-state index < -0.39 is 18.5 Å². The van der Waals surface area contributed by atoms with Gasteiger partial charge in [-0.15, -0.1) is 0 Å². The van der Waals surface area contributed by atoms with E-state index in [1.807, 2.05) is 13.8 Å². The number of nitrogens with one attached hydrogen (secondary N) is 1. The number of carbonyl (C=O) groups excluding carboxylic acids is 2. The zero-order valence-electron chi connectivity index (χ0n) is 28.6. The minimum atomic E-state index is -2.76. The van der Waals surface area contributed by atoms with Gasteiger partial charge in [-0.2, -0.15) is 10.2 Å². The third-order valence-corrected chi connectivity index (χ3v) is 10.1. The molecule has 2 aromatic carbocycles. The van der Waals surface area contributed by atoms with Gasteiger partial charge in [0.1, 0.15) is 22.8 Å². The summed E-state index contributed by atoms with van der Waals surface area (Å²) in [6.45, 7) is 3.81. The number of nitrogens with two attached hydrogens (primary N) is 1. The molecule has 0 unspecified atom stereocenters. The van der Waals surface area contributed by atoms with Gasteiger partial charge in [0.05, 0.1) is 41.2 Å². The molecule has 21 heteroatoms. The van der Waals surface area contributed by atoms with Crippen molar-refractivity contribution >= 4 is 102 Å². The molecular weight excluding hydrogens is 870 g/mol. The molecule has 0 saturated heterocycles. The first-order valence-corrected chi connectivity index (χ1v) is 19.5. The Kier molecular flexibility index (Phi) is 16.3. The third-order valence-electron chi connectivity index (χ3n) is 6.91. The van der Waals surface area contributed by atoms with Gasteiger partial charge in [0.25, 0.3) is 12.9 Å². The number of thiazole rings is 2. The van der Waals surface area contributed by atoms with Crippen molar-refractivity contribution in [2.45, 2.75) is 52.4 Å². The van der Waals surface area contributed by atoms with Gasteiger partial charge in [0.15, 0.2) is 10.3 Å². The summed E-state index contributed by atoms with van der Waals surface area (Å²) in [5.41, 5.74) is 6.21. The minimum Gasteiger partial charge on any atom is -0.375 e. The highest BCUT2D eigenvalue weighted by Gasteiger charge is 2.23. The topological polar surface area (TPSA) is 134 Å².